The zero-order valence-electron chi connectivity index (χ0n) is 15.4. The topological polar surface area (TPSA) is 112 Å². The number of hydrogen-bond donors (Lipinski definition) is 2. The average molecular weight is 396 g/mol. The van der Waals surface area contributed by atoms with Crippen molar-refractivity contribution in [3.05, 3.63) is 53.8 Å². The lowest BCUT2D eigenvalue weighted by Gasteiger charge is -2.14. The summed E-state index contributed by atoms with van der Waals surface area (Å²) in [6.45, 7) is 1.75. The fourth-order valence-corrected chi connectivity index (χ4v) is 2.93. The highest BCUT2D eigenvalue weighted by Crippen LogP contribution is 2.29. The molecule has 0 aliphatic carbocycles. The molecule has 2 aromatic rings. The van der Waals surface area contributed by atoms with E-state index in [0.29, 0.717) is 16.8 Å². The highest BCUT2D eigenvalue weighted by atomic mass is 19.1. The lowest BCUT2D eigenvalue weighted by molar-refractivity contribution is -0.119. The van der Waals surface area contributed by atoms with Gasteiger partial charge in [-0.3, -0.25) is 19.8 Å². The van der Waals surface area contributed by atoms with Gasteiger partial charge in [-0.1, -0.05) is 12.1 Å². The lowest BCUT2D eigenvalue weighted by atomic mass is 10.0. The molecule has 1 saturated heterocycles. The number of nitriles is 1. The van der Waals surface area contributed by atoms with Crippen molar-refractivity contribution < 1.29 is 23.5 Å². The Hall–Kier alpha value is -3.93. The van der Waals surface area contributed by atoms with E-state index in [1.54, 1.807) is 24.4 Å². The number of carbonyl (C=O) groups excluding carboxylic acids is 3. The summed E-state index contributed by atoms with van der Waals surface area (Å²) in [5.41, 5.74) is 1.45. The van der Waals surface area contributed by atoms with Crippen LogP contribution in [0.1, 0.15) is 17.3 Å². The molecule has 1 atom stereocenters. The van der Waals surface area contributed by atoms with E-state index in [9.17, 15) is 18.8 Å². The van der Waals surface area contributed by atoms with E-state index in [0.717, 1.165) is 0 Å². The highest BCUT2D eigenvalue weighted by Gasteiger charge is 2.32. The van der Waals surface area contributed by atoms with E-state index < -0.39 is 23.9 Å². The quantitative estimate of drug-likeness (QED) is 0.594. The van der Waals surface area contributed by atoms with E-state index in [1.165, 1.54) is 36.1 Å². The second-order valence-corrected chi connectivity index (χ2v) is 6.36. The Morgan fingerprint density at radius 2 is 2.00 bits per heavy atom. The number of rotatable bonds is 5. The van der Waals surface area contributed by atoms with Crippen LogP contribution in [-0.4, -0.2) is 37.1 Å². The predicted molar refractivity (Wildman–Crippen MR) is 101 cm³/mol. The van der Waals surface area contributed by atoms with Gasteiger partial charge in [0, 0.05) is 18.1 Å². The summed E-state index contributed by atoms with van der Waals surface area (Å²) in [5.74, 6) is -1.32. The molecule has 1 aliphatic heterocycles. The van der Waals surface area contributed by atoms with Crippen molar-refractivity contribution in [2.75, 3.05) is 18.0 Å². The van der Waals surface area contributed by atoms with Crippen LogP contribution in [0.25, 0.3) is 11.1 Å². The molecule has 0 aromatic heterocycles. The average Bonchev–Trinajstić information content (AvgIpc) is 3.07. The van der Waals surface area contributed by atoms with Crippen molar-refractivity contribution in [3.63, 3.8) is 0 Å². The van der Waals surface area contributed by atoms with Crippen LogP contribution in [0.2, 0.25) is 0 Å². The van der Waals surface area contributed by atoms with Gasteiger partial charge in [0.2, 0.25) is 5.91 Å². The molecule has 8 nitrogen and oxygen atoms in total. The fourth-order valence-electron chi connectivity index (χ4n) is 2.93. The molecule has 0 spiro atoms. The Balaban J connectivity index is 1.75. The van der Waals surface area contributed by atoms with Gasteiger partial charge < -0.3 is 10.1 Å². The first-order chi connectivity index (χ1) is 13.9. The molecule has 148 valence electrons. The highest BCUT2D eigenvalue weighted by molar-refractivity contribution is 5.95. The van der Waals surface area contributed by atoms with Gasteiger partial charge in [-0.25, -0.2) is 9.18 Å². The van der Waals surface area contributed by atoms with E-state index in [4.69, 9.17) is 10.00 Å². The first kappa shape index (κ1) is 19.8. The van der Waals surface area contributed by atoms with Crippen LogP contribution in [0.5, 0.6) is 0 Å². The summed E-state index contributed by atoms with van der Waals surface area (Å²) >= 11 is 0. The van der Waals surface area contributed by atoms with Gasteiger partial charge in [0.1, 0.15) is 11.9 Å². The predicted octanol–water partition coefficient (Wildman–Crippen LogP) is 2.16. The number of benzene rings is 2. The number of nitrogens with zero attached hydrogens (tertiary/aromatic N) is 2. The molecule has 3 rings (SSSR count). The standard InChI is InChI=1S/C20H17FN4O4/c1-12(26)23-9-16-10-25(20(28)29-16)15-6-7-17(18(21)8-15)13-2-4-14(5-3-13)19(27)24-11-22/h2-8,16H,9-10H2,1H3,(H,23,26)(H,24,27)/t16-/m0/s1. The maximum absolute atomic E-state index is 14.7. The van der Waals surface area contributed by atoms with E-state index in [1.807, 2.05) is 5.32 Å². The lowest BCUT2D eigenvalue weighted by Crippen LogP contribution is -2.33. The molecule has 9 heteroatoms. The Morgan fingerprint density at radius 1 is 1.28 bits per heavy atom. The van der Waals surface area contributed by atoms with Gasteiger partial charge in [0.25, 0.3) is 5.91 Å². The van der Waals surface area contributed by atoms with Crippen molar-refractivity contribution in [1.29, 1.82) is 5.26 Å². The molecule has 3 amide bonds. The minimum absolute atomic E-state index is 0.184. The van der Waals surface area contributed by atoms with Crippen molar-refractivity contribution in [1.82, 2.24) is 10.6 Å². The van der Waals surface area contributed by atoms with Crippen LogP contribution in [0.4, 0.5) is 14.9 Å². The van der Waals surface area contributed by atoms with Crippen molar-refractivity contribution in [2.45, 2.75) is 13.0 Å². The molecule has 2 aromatic carbocycles. The summed E-state index contributed by atoms with van der Waals surface area (Å²) in [6, 6.07) is 10.5. The van der Waals surface area contributed by atoms with Crippen molar-refractivity contribution >= 4 is 23.6 Å². The number of nitrogens with one attached hydrogen (secondary N) is 2. The monoisotopic (exact) mass is 396 g/mol. The largest absolute Gasteiger partial charge is 0.442 e. The second kappa shape index (κ2) is 8.39. The second-order valence-electron chi connectivity index (χ2n) is 6.36. The summed E-state index contributed by atoms with van der Waals surface area (Å²) < 4.78 is 19.9. The van der Waals surface area contributed by atoms with Crippen LogP contribution in [0, 0.1) is 17.3 Å². The van der Waals surface area contributed by atoms with Crippen molar-refractivity contribution in [3.8, 4) is 17.3 Å². The van der Waals surface area contributed by atoms with Gasteiger partial charge in [-0.2, -0.15) is 5.26 Å². The summed E-state index contributed by atoms with van der Waals surface area (Å²) in [5, 5.41) is 13.1. The van der Waals surface area contributed by atoms with Gasteiger partial charge >= 0.3 is 6.09 Å². The van der Waals surface area contributed by atoms with Gasteiger partial charge in [-0.05, 0) is 35.9 Å². The zero-order chi connectivity index (χ0) is 21.0. The van der Waals surface area contributed by atoms with Gasteiger partial charge in [0.15, 0.2) is 6.19 Å². The Labute approximate surface area is 165 Å². The Kier molecular flexibility index (Phi) is 5.74. The third-order valence-electron chi connectivity index (χ3n) is 4.34. The number of anilines is 1. The molecule has 0 unspecified atom stereocenters. The minimum atomic E-state index is -0.611. The Morgan fingerprint density at radius 3 is 2.62 bits per heavy atom. The van der Waals surface area contributed by atoms with Crippen LogP contribution in [-0.2, 0) is 9.53 Å². The van der Waals surface area contributed by atoms with E-state index in [2.05, 4.69) is 5.32 Å². The molecule has 0 radical (unpaired) electrons. The molecule has 0 saturated carbocycles. The number of ether oxygens (including phenoxy) is 1. The molecular weight excluding hydrogens is 379 g/mol. The summed E-state index contributed by atoms with van der Waals surface area (Å²) in [4.78, 5) is 36.0. The van der Waals surface area contributed by atoms with Crippen molar-refractivity contribution in [2.24, 2.45) is 0 Å². The Bertz CT molecular complexity index is 1000. The number of hydrogen-bond acceptors (Lipinski definition) is 5. The fraction of sp³-hybridized carbons (Fsp3) is 0.200. The molecule has 0 bridgehead atoms. The molecule has 1 aliphatic rings. The smallest absolute Gasteiger partial charge is 0.414 e. The summed E-state index contributed by atoms with van der Waals surface area (Å²) in [7, 11) is 0. The maximum Gasteiger partial charge on any atom is 0.414 e. The van der Waals surface area contributed by atoms with Gasteiger partial charge in [0.05, 0.1) is 18.8 Å². The normalized spacial score (nSPS) is 15.4. The van der Waals surface area contributed by atoms with Gasteiger partial charge in [-0.15, -0.1) is 0 Å². The number of amides is 3. The van der Waals surface area contributed by atoms with Crippen LogP contribution in [0.3, 0.4) is 0 Å². The summed E-state index contributed by atoms with van der Waals surface area (Å²) in [6.07, 6.45) is 0.428. The molecule has 1 heterocycles. The number of halogens is 1. The first-order valence-corrected chi connectivity index (χ1v) is 8.71. The van der Waals surface area contributed by atoms with E-state index >= 15 is 0 Å². The SMILES string of the molecule is CC(=O)NC[C@H]1CN(c2ccc(-c3ccc(C(=O)NC#N)cc3)c(F)c2)C(=O)O1. The third kappa shape index (κ3) is 4.50. The maximum atomic E-state index is 14.7. The molecular formula is C20H17FN4O4. The number of cyclic esters (lactones) is 1. The van der Waals surface area contributed by atoms with Crippen LogP contribution >= 0.6 is 0 Å². The van der Waals surface area contributed by atoms with Crippen LogP contribution in [0.15, 0.2) is 42.5 Å². The molecule has 2 N–H and O–H groups in total. The number of carbonyl (C=O) groups is 3. The van der Waals surface area contributed by atoms with Crippen LogP contribution < -0.4 is 15.5 Å². The van der Waals surface area contributed by atoms with E-state index in [-0.39, 0.29) is 24.6 Å². The molecule has 1 fully saturated rings. The molecule has 29 heavy (non-hydrogen) atoms. The zero-order valence-corrected chi connectivity index (χ0v) is 15.4. The first-order valence-electron chi connectivity index (χ1n) is 8.71. The third-order valence-corrected chi connectivity index (χ3v) is 4.34. The minimum Gasteiger partial charge on any atom is -0.442 e.